The molecule has 0 atom stereocenters. The lowest BCUT2D eigenvalue weighted by molar-refractivity contribution is 0.430. The van der Waals surface area contributed by atoms with Gasteiger partial charge in [-0.05, 0) is 6.07 Å². The van der Waals surface area contributed by atoms with Crippen LogP contribution in [0.3, 0.4) is 0 Å². The second-order valence-corrected chi connectivity index (χ2v) is 3.35. The van der Waals surface area contributed by atoms with Crippen LogP contribution in [-0.2, 0) is 0 Å². The zero-order chi connectivity index (χ0) is 10.3. The van der Waals surface area contributed by atoms with E-state index in [9.17, 15) is 0 Å². The van der Waals surface area contributed by atoms with Crippen molar-refractivity contribution in [1.82, 2.24) is 20.1 Å². The highest BCUT2D eigenvalue weighted by Gasteiger charge is 2.12. The fraction of sp³-hybridized carbons (Fsp3) is 0. The van der Waals surface area contributed by atoms with Crippen molar-refractivity contribution in [2.45, 2.75) is 0 Å². The van der Waals surface area contributed by atoms with E-state index >= 15 is 0 Å². The van der Waals surface area contributed by atoms with Crippen molar-refractivity contribution in [3.05, 3.63) is 29.8 Å². The first kappa shape index (κ1) is 8.43. The quantitative estimate of drug-likeness (QED) is 0.683. The second-order valence-electron chi connectivity index (χ2n) is 2.97. The lowest BCUT2D eigenvalue weighted by Gasteiger charge is -1.98. The third-order valence-electron chi connectivity index (χ3n) is 2.11. The topological polar surface area (TPSA) is 67.6 Å². The summed E-state index contributed by atoms with van der Waals surface area (Å²) in [4.78, 5) is 11.1. The molecular formula is C9H5ClN4O. The second kappa shape index (κ2) is 3.06. The van der Waals surface area contributed by atoms with E-state index in [1.54, 1.807) is 12.4 Å². The van der Waals surface area contributed by atoms with Crippen LogP contribution in [0.25, 0.3) is 22.5 Å². The van der Waals surface area contributed by atoms with Crippen molar-refractivity contribution < 1.29 is 4.52 Å². The Morgan fingerprint density at radius 1 is 1.33 bits per heavy atom. The van der Waals surface area contributed by atoms with Crippen LogP contribution in [0.5, 0.6) is 0 Å². The zero-order valence-electron chi connectivity index (χ0n) is 7.44. The average molecular weight is 221 g/mol. The Morgan fingerprint density at radius 3 is 3.07 bits per heavy atom. The summed E-state index contributed by atoms with van der Waals surface area (Å²) in [5.74, 6) is 0.371. The number of H-pyrrole nitrogens is 1. The molecule has 0 aliphatic rings. The Labute approximate surface area is 89.1 Å². The van der Waals surface area contributed by atoms with Crippen LogP contribution in [-0.4, -0.2) is 20.1 Å². The summed E-state index contributed by atoms with van der Waals surface area (Å²) in [7, 11) is 0. The minimum Gasteiger partial charge on any atom is -0.346 e. The molecule has 6 heteroatoms. The van der Waals surface area contributed by atoms with E-state index in [-0.39, 0.29) is 0 Å². The maximum atomic E-state index is 6.19. The number of hydrogen-bond acceptors (Lipinski definition) is 4. The van der Waals surface area contributed by atoms with Gasteiger partial charge in [0.15, 0.2) is 6.33 Å². The van der Waals surface area contributed by atoms with E-state index < -0.39 is 0 Å². The van der Waals surface area contributed by atoms with E-state index in [1.165, 1.54) is 6.33 Å². The molecule has 3 aromatic rings. The molecule has 0 saturated carbocycles. The Kier molecular flexibility index (Phi) is 1.72. The summed E-state index contributed by atoms with van der Waals surface area (Å²) < 4.78 is 4.93. The van der Waals surface area contributed by atoms with Gasteiger partial charge in [-0.2, -0.15) is 4.98 Å². The molecule has 3 aromatic heterocycles. The van der Waals surface area contributed by atoms with Gasteiger partial charge in [-0.25, -0.2) is 4.98 Å². The first-order valence-electron chi connectivity index (χ1n) is 4.25. The van der Waals surface area contributed by atoms with Crippen molar-refractivity contribution >= 4 is 22.6 Å². The number of fused-ring (bicyclic) bond motifs is 1. The molecule has 0 amide bonds. The smallest absolute Gasteiger partial charge is 0.260 e. The Bertz CT molecular complexity index is 602. The highest BCUT2D eigenvalue weighted by atomic mass is 35.5. The Hall–Kier alpha value is -1.88. The molecule has 74 valence electrons. The van der Waals surface area contributed by atoms with E-state index in [0.29, 0.717) is 16.5 Å². The molecule has 15 heavy (non-hydrogen) atoms. The summed E-state index contributed by atoms with van der Waals surface area (Å²) >= 11 is 6.19. The number of nitrogens with one attached hydrogen (secondary N) is 1. The maximum Gasteiger partial charge on any atom is 0.260 e. The Morgan fingerprint density at radius 2 is 2.27 bits per heavy atom. The fourth-order valence-electron chi connectivity index (χ4n) is 1.42. The molecule has 0 fully saturated rings. The molecule has 3 heterocycles. The van der Waals surface area contributed by atoms with E-state index in [4.69, 9.17) is 16.1 Å². The van der Waals surface area contributed by atoms with Gasteiger partial charge in [0.25, 0.3) is 5.89 Å². The number of aromatic amines is 1. The first-order valence-corrected chi connectivity index (χ1v) is 4.62. The number of rotatable bonds is 1. The lowest BCUT2D eigenvalue weighted by atomic mass is 10.2. The van der Waals surface area contributed by atoms with E-state index in [1.807, 2.05) is 6.07 Å². The standard InChI is InChI=1S/C9H5ClN4O/c10-7-5-1-2-11-8(5)12-3-6(7)9-13-4-14-15-9/h1-4H,(H,11,12). The zero-order valence-corrected chi connectivity index (χ0v) is 8.19. The molecule has 5 nitrogen and oxygen atoms in total. The molecule has 0 unspecified atom stereocenters. The summed E-state index contributed by atoms with van der Waals surface area (Å²) in [6.45, 7) is 0. The van der Waals surface area contributed by atoms with Crippen molar-refractivity contribution in [3.63, 3.8) is 0 Å². The van der Waals surface area contributed by atoms with Gasteiger partial charge in [0.1, 0.15) is 5.65 Å². The monoisotopic (exact) mass is 220 g/mol. The molecule has 0 radical (unpaired) electrons. The molecule has 0 bridgehead atoms. The van der Waals surface area contributed by atoms with Crippen LogP contribution < -0.4 is 0 Å². The highest BCUT2D eigenvalue weighted by Crippen LogP contribution is 2.31. The molecule has 0 aliphatic carbocycles. The molecule has 0 saturated heterocycles. The molecule has 0 spiro atoms. The third-order valence-corrected chi connectivity index (χ3v) is 2.52. The summed E-state index contributed by atoms with van der Waals surface area (Å²) in [5, 5.41) is 4.93. The molecule has 3 rings (SSSR count). The molecule has 0 aromatic carbocycles. The largest absolute Gasteiger partial charge is 0.346 e. The van der Waals surface area contributed by atoms with Crippen LogP contribution >= 0.6 is 11.6 Å². The van der Waals surface area contributed by atoms with E-state index in [0.717, 1.165) is 11.0 Å². The van der Waals surface area contributed by atoms with Crippen LogP contribution in [0, 0.1) is 0 Å². The van der Waals surface area contributed by atoms with Gasteiger partial charge in [-0.3, -0.25) is 0 Å². The molecule has 0 aliphatic heterocycles. The minimum atomic E-state index is 0.371. The lowest BCUT2D eigenvalue weighted by Crippen LogP contribution is -1.84. The van der Waals surface area contributed by atoms with Crippen LogP contribution in [0.15, 0.2) is 29.3 Å². The third kappa shape index (κ3) is 1.20. The number of pyridine rings is 1. The average Bonchev–Trinajstić information content (AvgIpc) is 2.87. The number of aromatic nitrogens is 4. The highest BCUT2D eigenvalue weighted by molar-refractivity contribution is 6.37. The number of nitrogens with zero attached hydrogens (tertiary/aromatic N) is 3. The maximum absolute atomic E-state index is 6.19. The number of hydrogen-bond donors (Lipinski definition) is 1. The van der Waals surface area contributed by atoms with Gasteiger partial charge in [0.2, 0.25) is 0 Å². The van der Waals surface area contributed by atoms with Gasteiger partial charge >= 0.3 is 0 Å². The van der Waals surface area contributed by atoms with Crippen LogP contribution in [0.1, 0.15) is 0 Å². The normalized spacial score (nSPS) is 11.0. The Balaban J connectivity index is 2.32. The predicted molar refractivity (Wildman–Crippen MR) is 54.4 cm³/mol. The van der Waals surface area contributed by atoms with Gasteiger partial charge in [-0.15, -0.1) is 0 Å². The van der Waals surface area contributed by atoms with Crippen LogP contribution in [0.2, 0.25) is 5.02 Å². The van der Waals surface area contributed by atoms with Gasteiger partial charge in [0, 0.05) is 17.8 Å². The predicted octanol–water partition coefficient (Wildman–Crippen LogP) is 2.27. The summed E-state index contributed by atoms with van der Waals surface area (Å²) in [5.41, 5.74) is 1.38. The van der Waals surface area contributed by atoms with Crippen LogP contribution in [0.4, 0.5) is 0 Å². The summed E-state index contributed by atoms with van der Waals surface area (Å²) in [6.07, 6.45) is 4.71. The fourth-order valence-corrected chi connectivity index (χ4v) is 1.70. The van der Waals surface area contributed by atoms with Gasteiger partial charge in [-0.1, -0.05) is 16.8 Å². The summed E-state index contributed by atoms with van der Waals surface area (Å²) in [6, 6.07) is 1.85. The minimum absolute atomic E-state index is 0.371. The van der Waals surface area contributed by atoms with Crippen molar-refractivity contribution in [3.8, 4) is 11.5 Å². The van der Waals surface area contributed by atoms with Crippen molar-refractivity contribution in [2.24, 2.45) is 0 Å². The molecule has 1 N–H and O–H groups in total. The number of halogens is 1. The van der Waals surface area contributed by atoms with E-state index in [2.05, 4.69) is 20.1 Å². The molecular weight excluding hydrogens is 216 g/mol. The van der Waals surface area contributed by atoms with Gasteiger partial charge in [0.05, 0.1) is 10.6 Å². The van der Waals surface area contributed by atoms with Gasteiger partial charge < -0.3 is 9.51 Å². The first-order chi connectivity index (χ1) is 7.36. The van der Waals surface area contributed by atoms with Crippen molar-refractivity contribution in [1.29, 1.82) is 0 Å². The SMILES string of the molecule is Clc1c(-c2ncno2)cnc2[nH]ccc12. The van der Waals surface area contributed by atoms with Crippen molar-refractivity contribution in [2.75, 3.05) is 0 Å².